The number of fused-ring (bicyclic) bond motifs is 1. The maximum atomic E-state index is 9.63. The van der Waals surface area contributed by atoms with Crippen LogP contribution in [0.3, 0.4) is 0 Å². The van der Waals surface area contributed by atoms with Crippen molar-refractivity contribution in [3.8, 4) is 23.8 Å². The molecule has 3 aromatic rings. The number of anilines is 2. The van der Waals surface area contributed by atoms with Crippen LogP contribution in [0, 0.1) is 12.3 Å². The average Bonchev–Trinajstić information content (AvgIpc) is 2.59. The molecule has 3 rings (SSSR count). The number of benzene rings is 2. The predicted molar refractivity (Wildman–Crippen MR) is 91.9 cm³/mol. The molecule has 0 aliphatic carbocycles. The lowest BCUT2D eigenvalue weighted by molar-refractivity contribution is 0.405. The van der Waals surface area contributed by atoms with E-state index in [1.54, 1.807) is 0 Å². The number of aromatic hydroxyl groups is 2. The first-order chi connectivity index (χ1) is 11.2. The van der Waals surface area contributed by atoms with E-state index in [0.717, 1.165) is 11.3 Å². The van der Waals surface area contributed by atoms with Gasteiger partial charge in [0.1, 0.15) is 12.1 Å². The van der Waals surface area contributed by atoms with Crippen LogP contribution < -0.4 is 5.32 Å². The molecule has 0 atom stereocenters. The smallest absolute Gasteiger partial charge is 0.159 e. The Hall–Kier alpha value is -3.26. The fraction of sp³-hybridized carbons (Fsp3) is 0.111. The fourth-order valence-corrected chi connectivity index (χ4v) is 2.00. The van der Waals surface area contributed by atoms with E-state index in [4.69, 9.17) is 6.42 Å². The maximum absolute atomic E-state index is 9.63. The van der Waals surface area contributed by atoms with E-state index in [2.05, 4.69) is 21.2 Å². The van der Waals surface area contributed by atoms with Crippen molar-refractivity contribution in [2.24, 2.45) is 0 Å². The van der Waals surface area contributed by atoms with Gasteiger partial charge in [-0.2, -0.15) is 0 Å². The highest BCUT2D eigenvalue weighted by molar-refractivity contribution is 5.92. The SMILES string of the molecule is C#Cc1cccc(Nc2ncnc3cc(O)c(O)cc23)c1.CC. The summed E-state index contributed by atoms with van der Waals surface area (Å²) in [6.45, 7) is 4.00. The molecule has 1 aromatic heterocycles. The molecule has 0 aliphatic heterocycles. The van der Waals surface area contributed by atoms with Crippen LogP contribution in [-0.2, 0) is 0 Å². The minimum absolute atomic E-state index is 0.221. The van der Waals surface area contributed by atoms with Crippen LogP contribution in [0.2, 0.25) is 0 Å². The Morgan fingerprint density at radius 2 is 1.78 bits per heavy atom. The fourth-order valence-electron chi connectivity index (χ4n) is 2.00. The standard InChI is InChI=1S/C16H11N3O2.C2H6/c1-2-10-4-3-5-11(6-10)19-16-12-7-14(20)15(21)8-13(12)17-9-18-16;1-2/h1,3-9,20-21H,(H,17,18,19);1-2H3. The van der Waals surface area contributed by atoms with Crippen molar-refractivity contribution < 1.29 is 10.2 Å². The van der Waals surface area contributed by atoms with Crippen molar-refractivity contribution in [1.82, 2.24) is 9.97 Å². The molecule has 0 radical (unpaired) electrons. The minimum Gasteiger partial charge on any atom is -0.504 e. The number of phenolic OH excluding ortho intramolecular Hbond substituents is 2. The molecule has 1 heterocycles. The summed E-state index contributed by atoms with van der Waals surface area (Å²) < 4.78 is 0. The second kappa shape index (κ2) is 7.14. The highest BCUT2D eigenvalue weighted by Crippen LogP contribution is 2.32. The van der Waals surface area contributed by atoms with E-state index in [9.17, 15) is 10.2 Å². The van der Waals surface area contributed by atoms with E-state index >= 15 is 0 Å². The van der Waals surface area contributed by atoms with Crippen molar-refractivity contribution in [2.45, 2.75) is 13.8 Å². The van der Waals surface area contributed by atoms with Crippen LogP contribution in [0.25, 0.3) is 10.9 Å². The van der Waals surface area contributed by atoms with Crippen LogP contribution in [-0.4, -0.2) is 20.2 Å². The summed E-state index contributed by atoms with van der Waals surface area (Å²) in [5, 5.41) is 22.9. The molecular weight excluding hydrogens is 290 g/mol. The van der Waals surface area contributed by atoms with Gasteiger partial charge >= 0.3 is 0 Å². The first-order valence-electron chi connectivity index (χ1n) is 7.18. The summed E-state index contributed by atoms with van der Waals surface area (Å²) in [6, 6.07) is 10.1. The van der Waals surface area contributed by atoms with Gasteiger partial charge in [0.25, 0.3) is 0 Å². The second-order valence-corrected chi connectivity index (χ2v) is 4.43. The van der Waals surface area contributed by atoms with Gasteiger partial charge in [-0.25, -0.2) is 9.97 Å². The van der Waals surface area contributed by atoms with Gasteiger partial charge in [-0.15, -0.1) is 6.42 Å². The molecular formula is C18H17N3O2. The van der Waals surface area contributed by atoms with Crippen LogP contribution in [0.4, 0.5) is 11.5 Å². The van der Waals surface area contributed by atoms with E-state index in [1.165, 1.54) is 18.5 Å². The highest BCUT2D eigenvalue weighted by atomic mass is 16.3. The van der Waals surface area contributed by atoms with Gasteiger partial charge in [0.05, 0.1) is 5.52 Å². The lowest BCUT2D eigenvalue weighted by Crippen LogP contribution is -1.96. The molecule has 0 saturated carbocycles. The third-order valence-electron chi connectivity index (χ3n) is 3.02. The predicted octanol–water partition coefficient (Wildman–Crippen LogP) is 3.79. The van der Waals surface area contributed by atoms with Gasteiger partial charge in [0.15, 0.2) is 11.5 Å². The molecule has 5 heteroatoms. The van der Waals surface area contributed by atoms with E-state index in [0.29, 0.717) is 16.7 Å². The Morgan fingerprint density at radius 1 is 1.04 bits per heavy atom. The molecule has 0 fully saturated rings. The van der Waals surface area contributed by atoms with Gasteiger partial charge in [0.2, 0.25) is 0 Å². The van der Waals surface area contributed by atoms with Crippen LogP contribution >= 0.6 is 0 Å². The quantitative estimate of drug-likeness (QED) is 0.496. The van der Waals surface area contributed by atoms with Crippen molar-refractivity contribution in [2.75, 3.05) is 5.32 Å². The zero-order valence-corrected chi connectivity index (χ0v) is 12.9. The van der Waals surface area contributed by atoms with Crippen molar-refractivity contribution in [3.63, 3.8) is 0 Å². The Kier molecular flexibility index (Phi) is 5.00. The van der Waals surface area contributed by atoms with Gasteiger partial charge in [-0.1, -0.05) is 25.8 Å². The number of terminal acetylenes is 1. The summed E-state index contributed by atoms with van der Waals surface area (Å²) >= 11 is 0. The average molecular weight is 307 g/mol. The Balaban J connectivity index is 0.000000924. The molecule has 0 bridgehead atoms. The minimum atomic E-state index is -0.224. The summed E-state index contributed by atoms with van der Waals surface area (Å²) in [7, 11) is 0. The Labute approximate surface area is 134 Å². The van der Waals surface area contributed by atoms with E-state index in [1.807, 2.05) is 38.1 Å². The number of phenols is 2. The van der Waals surface area contributed by atoms with Crippen molar-refractivity contribution in [3.05, 3.63) is 48.3 Å². The van der Waals surface area contributed by atoms with Crippen LogP contribution in [0.5, 0.6) is 11.5 Å². The topological polar surface area (TPSA) is 78.3 Å². The zero-order valence-electron chi connectivity index (χ0n) is 12.9. The first-order valence-corrected chi connectivity index (χ1v) is 7.18. The molecule has 0 amide bonds. The van der Waals surface area contributed by atoms with Gasteiger partial charge in [-0.05, 0) is 24.3 Å². The largest absolute Gasteiger partial charge is 0.504 e. The summed E-state index contributed by atoms with van der Waals surface area (Å²) in [6.07, 6.45) is 6.76. The number of nitrogens with one attached hydrogen (secondary N) is 1. The first kappa shape index (κ1) is 16.1. The third-order valence-corrected chi connectivity index (χ3v) is 3.02. The van der Waals surface area contributed by atoms with E-state index in [-0.39, 0.29) is 11.5 Å². The van der Waals surface area contributed by atoms with Gasteiger partial charge < -0.3 is 15.5 Å². The zero-order chi connectivity index (χ0) is 16.8. The lowest BCUT2D eigenvalue weighted by atomic mass is 10.2. The molecule has 3 N–H and O–H groups in total. The molecule has 0 unspecified atom stereocenters. The van der Waals surface area contributed by atoms with Crippen LogP contribution in [0.15, 0.2) is 42.7 Å². The molecule has 2 aromatic carbocycles. The summed E-state index contributed by atoms with van der Waals surface area (Å²) in [5.74, 6) is 2.63. The normalized spacial score (nSPS) is 9.61. The molecule has 116 valence electrons. The van der Waals surface area contributed by atoms with E-state index < -0.39 is 0 Å². The molecule has 0 saturated heterocycles. The molecule has 0 aliphatic rings. The Bertz CT molecular complexity index is 870. The van der Waals surface area contributed by atoms with Crippen LogP contribution in [0.1, 0.15) is 19.4 Å². The van der Waals surface area contributed by atoms with Gasteiger partial charge in [0, 0.05) is 22.7 Å². The number of aromatic nitrogens is 2. The van der Waals surface area contributed by atoms with Crippen molar-refractivity contribution in [1.29, 1.82) is 0 Å². The highest BCUT2D eigenvalue weighted by Gasteiger charge is 2.08. The van der Waals surface area contributed by atoms with Crippen molar-refractivity contribution >= 4 is 22.4 Å². The third kappa shape index (κ3) is 3.50. The molecule has 23 heavy (non-hydrogen) atoms. The number of hydrogen-bond donors (Lipinski definition) is 3. The number of hydrogen-bond acceptors (Lipinski definition) is 5. The monoisotopic (exact) mass is 307 g/mol. The summed E-state index contributed by atoms with van der Waals surface area (Å²) in [5.41, 5.74) is 2.05. The number of rotatable bonds is 2. The molecule has 0 spiro atoms. The maximum Gasteiger partial charge on any atom is 0.159 e. The lowest BCUT2D eigenvalue weighted by Gasteiger charge is -2.09. The molecule has 5 nitrogen and oxygen atoms in total. The van der Waals surface area contributed by atoms with Gasteiger partial charge in [-0.3, -0.25) is 0 Å². The summed E-state index contributed by atoms with van der Waals surface area (Å²) in [4.78, 5) is 8.23. The number of nitrogens with zero attached hydrogens (tertiary/aromatic N) is 2. The Morgan fingerprint density at radius 3 is 2.52 bits per heavy atom. The second-order valence-electron chi connectivity index (χ2n) is 4.43.